The van der Waals surface area contributed by atoms with Crippen LogP contribution in [0.3, 0.4) is 0 Å². The summed E-state index contributed by atoms with van der Waals surface area (Å²) in [6.07, 6.45) is 2.59. The van der Waals surface area contributed by atoms with E-state index in [4.69, 9.17) is 0 Å². The summed E-state index contributed by atoms with van der Waals surface area (Å²) in [6, 6.07) is 4.56. The number of carbonyl (C=O) groups excluding carboxylic acids is 3. The van der Waals surface area contributed by atoms with Crippen LogP contribution in [-0.4, -0.2) is 47.8 Å². The summed E-state index contributed by atoms with van der Waals surface area (Å²) < 4.78 is 13.2. The molecule has 1 aromatic rings. The fourth-order valence-corrected chi connectivity index (χ4v) is 3.62. The van der Waals surface area contributed by atoms with Crippen molar-refractivity contribution in [3.05, 3.63) is 35.6 Å². The van der Waals surface area contributed by atoms with Crippen LogP contribution >= 0.6 is 0 Å². The van der Waals surface area contributed by atoms with Crippen LogP contribution in [0.1, 0.15) is 63.7 Å². The molecule has 3 amide bonds. The average Bonchev–Trinajstić information content (AvgIpc) is 2.71. The monoisotopic (exact) mass is 419 g/mol. The van der Waals surface area contributed by atoms with Crippen molar-refractivity contribution in [2.45, 2.75) is 65.5 Å². The molecule has 30 heavy (non-hydrogen) atoms. The summed E-state index contributed by atoms with van der Waals surface area (Å²) in [6.45, 7) is 9.10. The molecule has 2 rings (SSSR count). The summed E-state index contributed by atoms with van der Waals surface area (Å²) in [4.78, 5) is 39.8. The standard InChI is InChI=1S/C23H34FN3O3/c1-5-16(4)25-23(30)21(26-22(29)18-6-8-19(24)9-7-18)17-10-12-27(13-11-17)20(28)14-15(2)3/h6-9,15-17,21H,5,10-14H2,1-4H3,(H,25,30)(H,26,29)/t16-,21+/m0/s1. The smallest absolute Gasteiger partial charge is 0.251 e. The number of hydrogen-bond acceptors (Lipinski definition) is 3. The lowest BCUT2D eigenvalue weighted by Crippen LogP contribution is -2.55. The van der Waals surface area contributed by atoms with E-state index < -0.39 is 17.8 Å². The van der Waals surface area contributed by atoms with Crippen molar-refractivity contribution in [3.8, 4) is 0 Å². The van der Waals surface area contributed by atoms with Crippen molar-refractivity contribution < 1.29 is 18.8 Å². The quantitative estimate of drug-likeness (QED) is 0.680. The van der Waals surface area contributed by atoms with Crippen molar-refractivity contribution in [3.63, 3.8) is 0 Å². The van der Waals surface area contributed by atoms with Gasteiger partial charge in [-0.15, -0.1) is 0 Å². The Kier molecular flexibility index (Phi) is 8.81. The average molecular weight is 420 g/mol. The minimum atomic E-state index is -0.695. The fraction of sp³-hybridized carbons (Fsp3) is 0.609. The molecule has 0 spiro atoms. The van der Waals surface area contributed by atoms with Gasteiger partial charge in [0.2, 0.25) is 11.8 Å². The van der Waals surface area contributed by atoms with Crippen molar-refractivity contribution in [1.29, 1.82) is 0 Å². The van der Waals surface area contributed by atoms with Gasteiger partial charge >= 0.3 is 0 Å². The Balaban J connectivity index is 2.08. The molecule has 166 valence electrons. The van der Waals surface area contributed by atoms with E-state index in [9.17, 15) is 18.8 Å². The molecule has 0 radical (unpaired) electrons. The van der Waals surface area contributed by atoms with Crippen LogP contribution in [0.2, 0.25) is 0 Å². The molecule has 7 heteroatoms. The lowest BCUT2D eigenvalue weighted by molar-refractivity contribution is -0.133. The molecular weight excluding hydrogens is 385 g/mol. The van der Waals surface area contributed by atoms with Crippen LogP contribution in [0.15, 0.2) is 24.3 Å². The van der Waals surface area contributed by atoms with Gasteiger partial charge in [0.25, 0.3) is 5.91 Å². The SMILES string of the molecule is CC[C@H](C)NC(=O)[C@H](NC(=O)c1ccc(F)cc1)C1CCN(C(=O)CC(C)C)CC1. The molecule has 1 heterocycles. The largest absolute Gasteiger partial charge is 0.352 e. The molecule has 1 fully saturated rings. The Labute approximate surface area is 178 Å². The summed E-state index contributed by atoms with van der Waals surface area (Å²) in [5.41, 5.74) is 0.308. The van der Waals surface area contributed by atoms with E-state index in [-0.39, 0.29) is 23.8 Å². The number of nitrogens with one attached hydrogen (secondary N) is 2. The maximum atomic E-state index is 13.2. The Morgan fingerprint density at radius 3 is 2.20 bits per heavy atom. The number of piperidine rings is 1. The van der Waals surface area contributed by atoms with E-state index in [2.05, 4.69) is 10.6 Å². The topological polar surface area (TPSA) is 78.5 Å². The van der Waals surface area contributed by atoms with Gasteiger partial charge in [-0.25, -0.2) is 4.39 Å². The first-order valence-corrected chi connectivity index (χ1v) is 10.9. The first kappa shape index (κ1) is 23.8. The second-order valence-corrected chi connectivity index (χ2v) is 8.59. The highest BCUT2D eigenvalue weighted by molar-refractivity contribution is 5.97. The van der Waals surface area contributed by atoms with Crippen molar-refractivity contribution in [2.75, 3.05) is 13.1 Å². The molecule has 6 nitrogen and oxygen atoms in total. The van der Waals surface area contributed by atoms with Crippen LogP contribution in [0, 0.1) is 17.7 Å². The van der Waals surface area contributed by atoms with E-state index in [1.165, 1.54) is 24.3 Å². The second kappa shape index (κ2) is 11.1. The summed E-state index contributed by atoms with van der Waals surface area (Å²) in [7, 11) is 0. The van der Waals surface area contributed by atoms with Gasteiger partial charge in [0.1, 0.15) is 11.9 Å². The van der Waals surface area contributed by atoms with E-state index in [1.54, 1.807) is 0 Å². The Hall–Kier alpha value is -2.44. The number of rotatable bonds is 8. The molecule has 1 aliphatic rings. The lowest BCUT2D eigenvalue weighted by Gasteiger charge is -2.36. The number of halogens is 1. The van der Waals surface area contributed by atoms with Gasteiger partial charge in [-0.2, -0.15) is 0 Å². The number of amides is 3. The summed E-state index contributed by atoms with van der Waals surface area (Å²) in [5, 5.41) is 5.81. The highest BCUT2D eigenvalue weighted by Gasteiger charge is 2.34. The van der Waals surface area contributed by atoms with Gasteiger partial charge in [-0.1, -0.05) is 20.8 Å². The first-order chi connectivity index (χ1) is 14.2. The second-order valence-electron chi connectivity index (χ2n) is 8.59. The Morgan fingerprint density at radius 2 is 1.67 bits per heavy atom. The molecule has 0 bridgehead atoms. The van der Waals surface area contributed by atoms with E-state index in [1.807, 2.05) is 32.6 Å². The van der Waals surface area contributed by atoms with Crippen LogP contribution in [0.25, 0.3) is 0 Å². The van der Waals surface area contributed by atoms with Crippen molar-refractivity contribution in [2.24, 2.45) is 11.8 Å². The van der Waals surface area contributed by atoms with Gasteiger partial charge in [-0.3, -0.25) is 14.4 Å². The third-order valence-corrected chi connectivity index (χ3v) is 5.62. The van der Waals surface area contributed by atoms with Crippen LogP contribution < -0.4 is 10.6 Å². The fourth-order valence-electron chi connectivity index (χ4n) is 3.62. The van der Waals surface area contributed by atoms with Crippen molar-refractivity contribution in [1.82, 2.24) is 15.5 Å². The Bertz CT molecular complexity index is 728. The zero-order valence-electron chi connectivity index (χ0n) is 18.4. The van der Waals surface area contributed by atoms with Gasteiger partial charge in [0.05, 0.1) is 0 Å². The van der Waals surface area contributed by atoms with Gasteiger partial charge in [-0.05, 0) is 62.3 Å². The number of nitrogens with zero attached hydrogens (tertiary/aromatic N) is 1. The molecule has 2 N–H and O–H groups in total. The van der Waals surface area contributed by atoms with Gasteiger partial charge in [0, 0.05) is 31.1 Å². The normalized spacial score (nSPS) is 16.8. The highest BCUT2D eigenvalue weighted by Crippen LogP contribution is 2.23. The molecule has 2 atom stereocenters. The van der Waals surface area contributed by atoms with Crippen LogP contribution in [-0.2, 0) is 9.59 Å². The maximum Gasteiger partial charge on any atom is 0.251 e. The molecule has 0 unspecified atom stereocenters. The van der Waals surface area contributed by atoms with E-state index in [0.717, 1.165) is 6.42 Å². The molecule has 1 aliphatic heterocycles. The van der Waals surface area contributed by atoms with Crippen molar-refractivity contribution >= 4 is 17.7 Å². The highest BCUT2D eigenvalue weighted by atomic mass is 19.1. The molecule has 0 aliphatic carbocycles. The molecule has 1 aromatic carbocycles. The lowest BCUT2D eigenvalue weighted by atomic mass is 9.88. The minimum Gasteiger partial charge on any atom is -0.352 e. The van der Waals surface area contributed by atoms with Crippen LogP contribution in [0.5, 0.6) is 0 Å². The zero-order chi connectivity index (χ0) is 22.3. The molecule has 0 aromatic heterocycles. The van der Waals surface area contributed by atoms with E-state index >= 15 is 0 Å². The summed E-state index contributed by atoms with van der Waals surface area (Å²) >= 11 is 0. The molecular formula is C23H34FN3O3. The predicted octanol–water partition coefficient (Wildman–Crippen LogP) is 3.12. The number of benzene rings is 1. The number of hydrogen-bond donors (Lipinski definition) is 2. The Morgan fingerprint density at radius 1 is 1.07 bits per heavy atom. The van der Waals surface area contributed by atoms with Crippen LogP contribution in [0.4, 0.5) is 4.39 Å². The maximum absolute atomic E-state index is 13.2. The third-order valence-electron chi connectivity index (χ3n) is 5.62. The predicted molar refractivity (Wildman–Crippen MR) is 114 cm³/mol. The third kappa shape index (κ3) is 6.82. The number of likely N-dealkylation sites (tertiary alicyclic amines) is 1. The molecule has 1 saturated heterocycles. The van der Waals surface area contributed by atoms with Gasteiger partial charge in [0.15, 0.2) is 0 Å². The minimum absolute atomic E-state index is 0.00423. The first-order valence-electron chi connectivity index (χ1n) is 10.9. The summed E-state index contributed by atoms with van der Waals surface area (Å²) in [5.74, 6) is -0.666. The van der Waals surface area contributed by atoms with E-state index in [0.29, 0.717) is 43.8 Å². The van der Waals surface area contributed by atoms with Gasteiger partial charge < -0.3 is 15.5 Å². The molecule has 0 saturated carbocycles. The zero-order valence-corrected chi connectivity index (χ0v) is 18.4. The number of carbonyl (C=O) groups is 3.